The fraction of sp³-hybridized carbons (Fsp3) is 0.444. The van der Waals surface area contributed by atoms with E-state index in [1.165, 1.54) is 12.8 Å². The predicted octanol–water partition coefficient (Wildman–Crippen LogP) is 3.49. The van der Waals surface area contributed by atoms with Gasteiger partial charge in [0.2, 0.25) is 0 Å². The number of nitrogens with zero attached hydrogens (tertiary/aromatic N) is 2. The summed E-state index contributed by atoms with van der Waals surface area (Å²) in [4.78, 5) is 12.6. The molecular weight excluding hydrogens is 274 g/mol. The van der Waals surface area contributed by atoms with Gasteiger partial charge in [-0.25, -0.2) is 4.68 Å². The second kappa shape index (κ2) is 5.59. The maximum absolute atomic E-state index is 12.6. The Bertz CT molecular complexity index is 673. The van der Waals surface area contributed by atoms with Crippen LogP contribution >= 0.6 is 0 Å². The van der Waals surface area contributed by atoms with E-state index in [0.29, 0.717) is 5.56 Å². The standard InChI is InChI=1S/C18H23N3O/c1-13-15(12-19-21(13)14-8-5-4-6-9-14)17(22)20-16-10-7-11-18(16,2)3/h4-6,8-9,12,16H,7,10-11H2,1-3H3,(H,20,22). The minimum absolute atomic E-state index is 0.0142. The van der Waals surface area contributed by atoms with Crippen LogP contribution in [0.25, 0.3) is 5.69 Å². The third kappa shape index (κ3) is 2.65. The summed E-state index contributed by atoms with van der Waals surface area (Å²) in [5.41, 5.74) is 2.69. The van der Waals surface area contributed by atoms with Crippen LogP contribution in [-0.4, -0.2) is 21.7 Å². The largest absolute Gasteiger partial charge is 0.349 e. The Balaban J connectivity index is 1.81. The lowest BCUT2D eigenvalue weighted by Crippen LogP contribution is -2.41. The average Bonchev–Trinajstić information content (AvgIpc) is 3.03. The summed E-state index contributed by atoms with van der Waals surface area (Å²) in [5.74, 6) is -0.0142. The van der Waals surface area contributed by atoms with Gasteiger partial charge < -0.3 is 5.32 Å². The summed E-state index contributed by atoms with van der Waals surface area (Å²) >= 11 is 0. The van der Waals surface area contributed by atoms with Crippen molar-refractivity contribution in [3.63, 3.8) is 0 Å². The smallest absolute Gasteiger partial charge is 0.254 e. The molecule has 1 aliphatic carbocycles. The maximum Gasteiger partial charge on any atom is 0.254 e. The molecule has 0 spiro atoms. The summed E-state index contributed by atoms with van der Waals surface area (Å²) in [6.45, 7) is 6.39. The van der Waals surface area contributed by atoms with Crippen LogP contribution in [-0.2, 0) is 0 Å². The number of aromatic nitrogens is 2. The summed E-state index contributed by atoms with van der Waals surface area (Å²) in [6, 6.07) is 10.1. The first-order valence-corrected chi connectivity index (χ1v) is 7.90. The number of hydrogen-bond acceptors (Lipinski definition) is 2. The highest BCUT2D eigenvalue weighted by atomic mass is 16.1. The first kappa shape index (κ1) is 14.8. The van der Waals surface area contributed by atoms with E-state index in [1.807, 2.05) is 41.9 Å². The second-order valence-electron chi connectivity index (χ2n) is 6.80. The van der Waals surface area contributed by atoms with E-state index in [0.717, 1.165) is 17.8 Å². The first-order chi connectivity index (χ1) is 10.5. The number of rotatable bonds is 3. The van der Waals surface area contributed by atoms with E-state index in [1.54, 1.807) is 6.20 Å². The lowest BCUT2D eigenvalue weighted by atomic mass is 9.87. The molecule has 1 atom stereocenters. The van der Waals surface area contributed by atoms with Crippen molar-refractivity contribution in [2.75, 3.05) is 0 Å². The van der Waals surface area contributed by atoms with Gasteiger partial charge in [-0.1, -0.05) is 38.5 Å². The van der Waals surface area contributed by atoms with Crippen molar-refractivity contribution in [3.8, 4) is 5.69 Å². The summed E-state index contributed by atoms with van der Waals surface area (Å²) in [5, 5.41) is 7.57. The number of nitrogens with one attached hydrogen (secondary N) is 1. The van der Waals surface area contributed by atoms with Crippen molar-refractivity contribution in [2.24, 2.45) is 5.41 Å². The van der Waals surface area contributed by atoms with Crippen LogP contribution in [0.15, 0.2) is 36.5 Å². The van der Waals surface area contributed by atoms with Crippen molar-refractivity contribution >= 4 is 5.91 Å². The highest BCUT2D eigenvalue weighted by molar-refractivity contribution is 5.95. The van der Waals surface area contributed by atoms with Gasteiger partial charge in [-0.3, -0.25) is 4.79 Å². The third-order valence-corrected chi connectivity index (χ3v) is 4.82. The summed E-state index contributed by atoms with van der Waals surface area (Å²) in [6.07, 6.45) is 5.07. The molecule has 4 nitrogen and oxygen atoms in total. The lowest BCUT2D eigenvalue weighted by Gasteiger charge is -2.27. The van der Waals surface area contributed by atoms with Gasteiger partial charge >= 0.3 is 0 Å². The Morgan fingerprint density at radius 3 is 2.68 bits per heavy atom. The molecule has 0 radical (unpaired) electrons. The lowest BCUT2D eigenvalue weighted by molar-refractivity contribution is 0.0909. The summed E-state index contributed by atoms with van der Waals surface area (Å²) < 4.78 is 1.81. The zero-order chi connectivity index (χ0) is 15.7. The zero-order valence-corrected chi connectivity index (χ0v) is 13.5. The SMILES string of the molecule is Cc1c(C(=O)NC2CCCC2(C)C)cnn1-c1ccccc1. The molecule has 1 aromatic heterocycles. The van der Waals surface area contributed by atoms with Crippen molar-refractivity contribution in [3.05, 3.63) is 47.8 Å². The Morgan fingerprint density at radius 1 is 1.32 bits per heavy atom. The predicted molar refractivity (Wildman–Crippen MR) is 87.2 cm³/mol. The van der Waals surface area contributed by atoms with Crippen LogP contribution in [0, 0.1) is 12.3 Å². The second-order valence-corrected chi connectivity index (χ2v) is 6.80. The van der Waals surface area contributed by atoms with Crippen LogP contribution in [0.1, 0.15) is 49.2 Å². The molecule has 3 rings (SSSR count). The fourth-order valence-electron chi connectivity index (χ4n) is 3.29. The third-order valence-electron chi connectivity index (χ3n) is 4.82. The highest BCUT2D eigenvalue weighted by Gasteiger charge is 2.35. The van der Waals surface area contributed by atoms with Crippen LogP contribution in [0.3, 0.4) is 0 Å². The molecule has 22 heavy (non-hydrogen) atoms. The number of hydrogen-bond donors (Lipinski definition) is 1. The number of benzene rings is 1. The minimum atomic E-state index is -0.0142. The van der Waals surface area contributed by atoms with E-state index >= 15 is 0 Å². The van der Waals surface area contributed by atoms with Gasteiger partial charge in [-0.05, 0) is 37.3 Å². The maximum atomic E-state index is 12.6. The van der Waals surface area contributed by atoms with E-state index in [-0.39, 0.29) is 17.4 Å². The molecule has 116 valence electrons. The highest BCUT2D eigenvalue weighted by Crippen LogP contribution is 2.37. The van der Waals surface area contributed by atoms with Crippen LogP contribution in [0.4, 0.5) is 0 Å². The fourth-order valence-corrected chi connectivity index (χ4v) is 3.29. The first-order valence-electron chi connectivity index (χ1n) is 7.90. The van der Waals surface area contributed by atoms with Gasteiger partial charge in [-0.2, -0.15) is 5.10 Å². The molecule has 2 aromatic rings. The Morgan fingerprint density at radius 2 is 2.05 bits per heavy atom. The van der Waals surface area contributed by atoms with Crippen LogP contribution in [0.5, 0.6) is 0 Å². The van der Waals surface area contributed by atoms with Crippen molar-refractivity contribution in [1.29, 1.82) is 0 Å². The quantitative estimate of drug-likeness (QED) is 0.942. The molecule has 1 aliphatic rings. The molecule has 1 aromatic carbocycles. The average molecular weight is 297 g/mol. The van der Waals surface area contributed by atoms with Crippen LogP contribution in [0.2, 0.25) is 0 Å². The number of carbonyl (C=O) groups is 1. The molecule has 1 heterocycles. The normalized spacial score (nSPS) is 20.0. The van der Waals surface area contributed by atoms with E-state index < -0.39 is 0 Å². The van der Waals surface area contributed by atoms with E-state index in [4.69, 9.17) is 0 Å². The molecule has 4 heteroatoms. The van der Waals surface area contributed by atoms with Crippen molar-refractivity contribution in [2.45, 2.75) is 46.1 Å². The Labute approximate surface area is 131 Å². The Kier molecular flexibility index (Phi) is 3.77. The molecule has 1 saturated carbocycles. The number of para-hydroxylation sites is 1. The van der Waals surface area contributed by atoms with Gasteiger partial charge in [0.1, 0.15) is 0 Å². The zero-order valence-electron chi connectivity index (χ0n) is 13.5. The molecule has 1 amide bonds. The minimum Gasteiger partial charge on any atom is -0.349 e. The summed E-state index contributed by atoms with van der Waals surface area (Å²) in [7, 11) is 0. The monoisotopic (exact) mass is 297 g/mol. The molecule has 1 fully saturated rings. The van der Waals surface area contributed by atoms with E-state index in [2.05, 4.69) is 24.3 Å². The number of amides is 1. The van der Waals surface area contributed by atoms with Crippen molar-refractivity contribution < 1.29 is 4.79 Å². The van der Waals surface area contributed by atoms with Crippen LogP contribution < -0.4 is 5.32 Å². The van der Waals surface area contributed by atoms with Gasteiger partial charge in [-0.15, -0.1) is 0 Å². The van der Waals surface area contributed by atoms with Crippen molar-refractivity contribution in [1.82, 2.24) is 15.1 Å². The molecular formula is C18H23N3O. The van der Waals surface area contributed by atoms with Gasteiger partial charge in [0.05, 0.1) is 23.1 Å². The van der Waals surface area contributed by atoms with Gasteiger partial charge in [0.15, 0.2) is 0 Å². The molecule has 0 bridgehead atoms. The topological polar surface area (TPSA) is 46.9 Å². The van der Waals surface area contributed by atoms with Gasteiger partial charge in [0, 0.05) is 6.04 Å². The van der Waals surface area contributed by atoms with E-state index in [9.17, 15) is 4.79 Å². The molecule has 1 unspecified atom stereocenters. The van der Waals surface area contributed by atoms with Gasteiger partial charge in [0.25, 0.3) is 5.91 Å². The molecule has 0 saturated heterocycles. The number of carbonyl (C=O) groups excluding carboxylic acids is 1. The molecule has 1 N–H and O–H groups in total. The molecule has 0 aliphatic heterocycles. The Hall–Kier alpha value is -2.10.